The molecule has 2 aromatic carbocycles. The summed E-state index contributed by atoms with van der Waals surface area (Å²) in [5.74, 6) is 0.649. The highest BCUT2D eigenvalue weighted by molar-refractivity contribution is 7.10. The summed E-state index contributed by atoms with van der Waals surface area (Å²) < 4.78 is 6.11. The van der Waals surface area contributed by atoms with Gasteiger partial charge in [0.25, 0.3) is 5.91 Å². The molecule has 0 bridgehead atoms. The second kappa shape index (κ2) is 10.7. The highest BCUT2D eigenvalue weighted by Crippen LogP contribution is 2.34. The maximum absolute atomic E-state index is 13.5. The molecule has 0 aliphatic carbocycles. The Hall–Kier alpha value is -3.12. The molecule has 1 aliphatic rings. The molecule has 0 saturated heterocycles. The van der Waals surface area contributed by atoms with Crippen LogP contribution in [-0.2, 0) is 11.2 Å². The molecule has 0 radical (unpaired) electrons. The van der Waals surface area contributed by atoms with E-state index in [9.17, 15) is 9.59 Å². The van der Waals surface area contributed by atoms with Gasteiger partial charge in [0.1, 0.15) is 18.9 Å². The van der Waals surface area contributed by atoms with Crippen LogP contribution in [0.4, 0.5) is 0 Å². The van der Waals surface area contributed by atoms with Gasteiger partial charge in [-0.1, -0.05) is 42.8 Å². The van der Waals surface area contributed by atoms with Crippen LogP contribution >= 0.6 is 11.3 Å². The molecule has 6 heteroatoms. The van der Waals surface area contributed by atoms with Crippen LogP contribution in [0.3, 0.4) is 0 Å². The summed E-state index contributed by atoms with van der Waals surface area (Å²) in [7, 11) is 0. The Bertz CT molecular complexity index is 1080. The van der Waals surface area contributed by atoms with Gasteiger partial charge < -0.3 is 14.5 Å². The van der Waals surface area contributed by atoms with E-state index in [0.29, 0.717) is 25.3 Å². The number of nitrogens with zero attached hydrogens (tertiary/aromatic N) is 2. The Morgan fingerprint density at radius 2 is 1.85 bits per heavy atom. The van der Waals surface area contributed by atoms with Crippen LogP contribution in [0.25, 0.3) is 0 Å². The molecule has 0 fully saturated rings. The fraction of sp³-hybridized carbons (Fsp3) is 0.333. The summed E-state index contributed by atoms with van der Waals surface area (Å²) in [6, 6.07) is 19.1. The number of hydrogen-bond donors (Lipinski definition) is 0. The highest BCUT2D eigenvalue weighted by atomic mass is 32.1. The third-order valence-electron chi connectivity index (χ3n) is 5.97. The Kier molecular flexibility index (Phi) is 7.45. The number of carbonyl (C=O) groups is 2. The van der Waals surface area contributed by atoms with E-state index in [0.717, 1.165) is 24.2 Å². The number of aryl methyl sites for hydroxylation is 1. The minimum atomic E-state index is -0.163. The summed E-state index contributed by atoms with van der Waals surface area (Å²) in [4.78, 5) is 31.4. The lowest BCUT2D eigenvalue weighted by atomic mass is 10.0. The summed E-state index contributed by atoms with van der Waals surface area (Å²) in [5, 5.41) is 2.08. The van der Waals surface area contributed by atoms with Crippen molar-refractivity contribution in [3.05, 3.63) is 87.6 Å². The average Bonchev–Trinajstić information content (AvgIpc) is 3.32. The van der Waals surface area contributed by atoms with Crippen LogP contribution in [0.2, 0.25) is 0 Å². The second-order valence-electron chi connectivity index (χ2n) is 8.37. The SMILES string of the molecule is CCCN(CC(=O)N1CCc2sccc2[C@@H]1COc1ccc(C)cc1)C(=O)c1ccccc1. The lowest BCUT2D eigenvalue weighted by Crippen LogP contribution is -2.48. The standard InChI is InChI=1S/C27H30N2O3S/c1-3-15-28(27(31)21-7-5-4-6-8-21)18-26(30)29-16-13-25-23(14-17-33-25)24(29)19-32-22-11-9-20(2)10-12-22/h4-12,14,17,24H,3,13,15-16,18-19H2,1-2H3/t24-/m0/s1. The summed E-state index contributed by atoms with van der Waals surface area (Å²) in [6.45, 7) is 5.70. The second-order valence-corrected chi connectivity index (χ2v) is 9.37. The minimum Gasteiger partial charge on any atom is -0.491 e. The van der Waals surface area contributed by atoms with Crippen molar-refractivity contribution in [2.75, 3.05) is 26.2 Å². The van der Waals surface area contributed by atoms with E-state index in [1.165, 1.54) is 10.4 Å². The number of benzene rings is 2. The quantitative estimate of drug-likeness (QED) is 0.467. The van der Waals surface area contributed by atoms with E-state index < -0.39 is 0 Å². The molecule has 2 heterocycles. The van der Waals surface area contributed by atoms with Gasteiger partial charge in [0.05, 0.1) is 6.04 Å². The number of amides is 2. The van der Waals surface area contributed by atoms with Gasteiger partial charge in [-0.15, -0.1) is 11.3 Å². The predicted octanol–water partition coefficient (Wildman–Crippen LogP) is 5.11. The Morgan fingerprint density at radius 3 is 2.58 bits per heavy atom. The van der Waals surface area contributed by atoms with E-state index in [2.05, 4.69) is 11.4 Å². The van der Waals surface area contributed by atoms with Crippen LogP contribution in [-0.4, -0.2) is 47.9 Å². The number of rotatable bonds is 8. The Labute approximate surface area is 199 Å². The van der Waals surface area contributed by atoms with Crippen LogP contribution in [0, 0.1) is 6.92 Å². The molecular formula is C27H30N2O3S. The molecule has 0 saturated carbocycles. The average molecular weight is 463 g/mol. The number of hydrogen-bond acceptors (Lipinski definition) is 4. The smallest absolute Gasteiger partial charge is 0.254 e. The van der Waals surface area contributed by atoms with Gasteiger partial charge in [0.15, 0.2) is 0 Å². The first-order valence-corrected chi connectivity index (χ1v) is 12.3. The molecule has 33 heavy (non-hydrogen) atoms. The van der Waals surface area contributed by atoms with Gasteiger partial charge in [-0.05, 0) is 61.0 Å². The van der Waals surface area contributed by atoms with Crippen molar-refractivity contribution in [2.24, 2.45) is 0 Å². The van der Waals surface area contributed by atoms with Crippen molar-refractivity contribution >= 4 is 23.2 Å². The number of carbonyl (C=O) groups excluding carboxylic acids is 2. The maximum atomic E-state index is 13.5. The van der Waals surface area contributed by atoms with Gasteiger partial charge in [-0.2, -0.15) is 0 Å². The normalized spacial score (nSPS) is 15.1. The third kappa shape index (κ3) is 5.45. The molecule has 1 atom stereocenters. The number of ether oxygens (including phenoxy) is 1. The molecular weight excluding hydrogens is 432 g/mol. The lowest BCUT2D eigenvalue weighted by Gasteiger charge is -2.37. The van der Waals surface area contributed by atoms with E-state index in [-0.39, 0.29) is 24.4 Å². The van der Waals surface area contributed by atoms with Crippen molar-refractivity contribution in [1.82, 2.24) is 9.80 Å². The first-order valence-electron chi connectivity index (χ1n) is 11.5. The zero-order valence-electron chi connectivity index (χ0n) is 19.2. The molecule has 5 nitrogen and oxygen atoms in total. The van der Waals surface area contributed by atoms with E-state index in [1.807, 2.05) is 61.2 Å². The van der Waals surface area contributed by atoms with Crippen LogP contribution in [0.5, 0.6) is 5.75 Å². The predicted molar refractivity (Wildman–Crippen MR) is 132 cm³/mol. The Balaban J connectivity index is 1.51. The molecule has 1 aliphatic heterocycles. The van der Waals surface area contributed by atoms with Crippen molar-refractivity contribution in [3.8, 4) is 5.75 Å². The van der Waals surface area contributed by atoms with E-state index >= 15 is 0 Å². The number of thiophene rings is 1. The van der Waals surface area contributed by atoms with Crippen LogP contribution in [0.1, 0.15) is 45.7 Å². The first-order chi connectivity index (χ1) is 16.1. The monoisotopic (exact) mass is 462 g/mol. The van der Waals surface area contributed by atoms with Gasteiger partial charge in [-0.25, -0.2) is 0 Å². The summed E-state index contributed by atoms with van der Waals surface area (Å²) in [6.07, 6.45) is 1.63. The molecule has 172 valence electrons. The van der Waals surface area contributed by atoms with Crippen LogP contribution in [0.15, 0.2) is 66.0 Å². The summed E-state index contributed by atoms with van der Waals surface area (Å²) >= 11 is 1.73. The molecule has 0 spiro atoms. The fourth-order valence-corrected chi connectivity index (χ4v) is 5.15. The van der Waals surface area contributed by atoms with E-state index in [1.54, 1.807) is 28.4 Å². The number of fused-ring (bicyclic) bond motifs is 1. The molecule has 3 aromatic rings. The molecule has 1 aromatic heterocycles. The van der Waals surface area contributed by atoms with E-state index in [4.69, 9.17) is 4.74 Å². The molecule has 4 rings (SSSR count). The maximum Gasteiger partial charge on any atom is 0.254 e. The zero-order valence-corrected chi connectivity index (χ0v) is 20.0. The fourth-order valence-electron chi connectivity index (χ4n) is 4.22. The van der Waals surface area contributed by atoms with Gasteiger partial charge in [-0.3, -0.25) is 9.59 Å². The van der Waals surface area contributed by atoms with Crippen molar-refractivity contribution in [1.29, 1.82) is 0 Å². The molecule has 0 unspecified atom stereocenters. The topological polar surface area (TPSA) is 49.9 Å². The highest BCUT2D eigenvalue weighted by Gasteiger charge is 2.33. The van der Waals surface area contributed by atoms with Gasteiger partial charge in [0.2, 0.25) is 5.91 Å². The van der Waals surface area contributed by atoms with Gasteiger partial charge in [0, 0.05) is 23.5 Å². The van der Waals surface area contributed by atoms with Crippen molar-refractivity contribution in [2.45, 2.75) is 32.7 Å². The largest absolute Gasteiger partial charge is 0.491 e. The summed E-state index contributed by atoms with van der Waals surface area (Å²) in [5.41, 5.74) is 2.94. The third-order valence-corrected chi connectivity index (χ3v) is 6.97. The minimum absolute atomic E-state index is 0.0397. The zero-order chi connectivity index (χ0) is 23.2. The van der Waals surface area contributed by atoms with Gasteiger partial charge >= 0.3 is 0 Å². The lowest BCUT2D eigenvalue weighted by molar-refractivity contribution is -0.135. The molecule has 2 amide bonds. The first kappa shape index (κ1) is 23.1. The molecule has 0 N–H and O–H groups in total. The Morgan fingerprint density at radius 1 is 1.09 bits per heavy atom. The van der Waals surface area contributed by atoms with Crippen molar-refractivity contribution < 1.29 is 14.3 Å². The van der Waals surface area contributed by atoms with Crippen LogP contribution < -0.4 is 4.74 Å². The van der Waals surface area contributed by atoms with Crippen molar-refractivity contribution in [3.63, 3.8) is 0 Å².